The van der Waals surface area contributed by atoms with E-state index in [0.29, 0.717) is 12.3 Å². The maximum atomic E-state index is 12.4. The molecule has 162 valence electrons. The molecule has 7 nitrogen and oxygen atoms in total. The van der Waals surface area contributed by atoms with Gasteiger partial charge in [-0.15, -0.1) is 0 Å². The topological polar surface area (TPSA) is 81.8 Å². The molecule has 1 atom stereocenters. The molecule has 0 amide bonds. The summed E-state index contributed by atoms with van der Waals surface area (Å²) in [7, 11) is -3.56. The van der Waals surface area contributed by atoms with Crippen LogP contribution in [0.3, 0.4) is 0 Å². The van der Waals surface area contributed by atoms with Gasteiger partial charge in [0.15, 0.2) is 0 Å². The Balaban J connectivity index is 1.71. The number of furan rings is 1. The maximum absolute atomic E-state index is 12.4. The first kappa shape index (κ1) is 21.1. The van der Waals surface area contributed by atoms with Gasteiger partial charge in [-0.2, -0.15) is 4.31 Å². The Labute approximate surface area is 180 Å². The van der Waals surface area contributed by atoms with Crippen molar-refractivity contribution in [3.8, 4) is 0 Å². The standard InChI is InChI=1S/C23H24N2O5S/c1-17(26)30-19(15-24(31(2,27)28)14-18-8-7-13-29-18)16-25-22-11-5-3-9-20(22)21-10-4-6-12-23(21)25/h3-13,19H,14-16H2,1-2H3/t19-/m0/s1. The molecule has 0 aliphatic rings. The van der Waals surface area contributed by atoms with Crippen LogP contribution in [0.1, 0.15) is 12.7 Å². The van der Waals surface area contributed by atoms with Crippen molar-refractivity contribution < 1.29 is 22.4 Å². The number of para-hydroxylation sites is 2. The van der Waals surface area contributed by atoms with Gasteiger partial charge in [-0.25, -0.2) is 8.42 Å². The Bertz CT molecular complexity index is 1260. The number of fused-ring (bicyclic) bond motifs is 3. The zero-order valence-corrected chi connectivity index (χ0v) is 18.2. The lowest BCUT2D eigenvalue weighted by molar-refractivity contribution is -0.147. The van der Waals surface area contributed by atoms with E-state index in [-0.39, 0.29) is 13.1 Å². The second-order valence-electron chi connectivity index (χ2n) is 7.51. The molecule has 0 spiro atoms. The molecular formula is C23H24N2O5S. The number of hydrogen-bond acceptors (Lipinski definition) is 5. The molecule has 2 heterocycles. The molecule has 0 aliphatic carbocycles. The number of carbonyl (C=O) groups excluding carboxylic acids is 1. The summed E-state index contributed by atoms with van der Waals surface area (Å²) in [5.41, 5.74) is 2.00. The highest BCUT2D eigenvalue weighted by molar-refractivity contribution is 7.88. The van der Waals surface area contributed by atoms with Crippen molar-refractivity contribution in [2.24, 2.45) is 0 Å². The van der Waals surface area contributed by atoms with Crippen LogP contribution in [0.15, 0.2) is 71.3 Å². The minimum Gasteiger partial charge on any atom is -0.468 e. The molecule has 0 N–H and O–H groups in total. The number of esters is 1. The van der Waals surface area contributed by atoms with Gasteiger partial charge in [0.25, 0.3) is 0 Å². The monoisotopic (exact) mass is 440 g/mol. The smallest absolute Gasteiger partial charge is 0.303 e. The highest BCUT2D eigenvalue weighted by Crippen LogP contribution is 2.29. The number of hydrogen-bond donors (Lipinski definition) is 0. The van der Waals surface area contributed by atoms with Crippen LogP contribution in [-0.4, -0.2) is 42.2 Å². The van der Waals surface area contributed by atoms with E-state index in [1.165, 1.54) is 17.5 Å². The van der Waals surface area contributed by atoms with Gasteiger partial charge in [0.05, 0.1) is 32.2 Å². The van der Waals surface area contributed by atoms with Gasteiger partial charge >= 0.3 is 5.97 Å². The largest absolute Gasteiger partial charge is 0.468 e. The minimum absolute atomic E-state index is 0.0138. The number of nitrogens with zero attached hydrogens (tertiary/aromatic N) is 2. The van der Waals surface area contributed by atoms with Gasteiger partial charge in [0.2, 0.25) is 10.0 Å². The lowest BCUT2D eigenvalue weighted by Crippen LogP contribution is -2.40. The Kier molecular flexibility index (Phi) is 5.84. The van der Waals surface area contributed by atoms with Crippen molar-refractivity contribution in [2.45, 2.75) is 26.1 Å². The number of ether oxygens (including phenoxy) is 1. The fourth-order valence-electron chi connectivity index (χ4n) is 3.89. The zero-order chi connectivity index (χ0) is 22.0. The molecule has 2 aromatic heterocycles. The fraction of sp³-hybridized carbons (Fsp3) is 0.261. The lowest BCUT2D eigenvalue weighted by atomic mass is 10.2. The first-order chi connectivity index (χ1) is 14.8. The van der Waals surface area contributed by atoms with Crippen LogP contribution in [-0.2, 0) is 32.6 Å². The molecule has 4 rings (SSSR count). The van der Waals surface area contributed by atoms with Crippen LogP contribution in [0.25, 0.3) is 21.8 Å². The molecule has 0 aliphatic heterocycles. The number of carbonyl (C=O) groups is 1. The van der Waals surface area contributed by atoms with Crippen molar-refractivity contribution in [1.82, 2.24) is 8.87 Å². The summed E-state index contributed by atoms with van der Waals surface area (Å²) in [6.07, 6.45) is 1.96. The maximum Gasteiger partial charge on any atom is 0.303 e. The van der Waals surface area contributed by atoms with Crippen molar-refractivity contribution in [3.05, 3.63) is 72.7 Å². The Morgan fingerprint density at radius 3 is 2.16 bits per heavy atom. The number of benzene rings is 2. The molecule has 0 fully saturated rings. The highest BCUT2D eigenvalue weighted by Gasteiger charge is 2.26. The average Bonchev–Trinajstić information content (AvgIpc) is 3.33. The van der Waals surface area contributed by atoms with Gasteiger partial charge in [-0.1, -0.05) is 36.4 Å². The van der Waals surface area contributed by atoms with E-state index >= 15 is 0 Å². The number of rotatable bonds is 8. The molecule has 0 saturated heterocycles. The molecule has 8 heteroatoms. The number of aromatic nitrogens is 1. The van der Waals surface area contributed by atoms with Gasteiger partial charge in [-0.3, -0.25) is 4.79 Å². The Hall–Kier alpha value is -3.10. The van der Waals surface area contributed by atoms with E-state index < -0.39 is 22.1 Å². The normalized spacial score (nSPS) is 13.1. The van der Waals surface area contributed by atoms with E-state index in [9.17, 15) is 13.2 Å². The molecule has 0 saturated carbocycles. The first-order valence-electron chi connectivity index (χ1n) is 9.93. The molecular weight excluding hydrogens is 416 g/mol. The SMILES string of the molecule is CC(=O)O[C@@H](CN(Cc1ccco1)S(C)(=O)=O)Cn1c2ccccc2c2ccccc21. The molecule has 4 aromatic rings. The highest BCUT2D eigenvalue weighted by atomic mass is 32.2. The van der Waals surface area contributed by atoms with Crippen molar-refractivity contribution in [3.63, 3.8) is 0 Å². The second-order valence-corrected chi connectivity index (χ2v) is 9.49. The van der Waals surface area contributed by atoms with Gasteiger partial charge < -0.3 is 13.7 Å². The Morgan fingerprint density at radius 1 is 1.03 bits per heavy atom. The first-order valence-corrected chi connectivity index (χ1v) is 11.8. The van der Waals surface area contributed by atoms with Gasteiger partial charge in [-0.05, 0) is 24.3 Å². The lowest BCUT2D eigenvalue weighted by Gasteiger charge is -2.26. The molecule has 0 bridgehead atoms. The predicted octanol–water partition coefficient (Wildman–Crippen LogP) is 3.78. The fourth-order valence-corrected chi connectivity index (χ4v) is 4.69. The number of sulfonamides is 1. The summed E-state index contributed by atoms with van der Waals surface area (Å²) in [6, 6.07) is 19.4. The van der Waals surface area contributed by atoms with E-state index in [2.05, 4.69) is 16.7 Å². The van der Waals surface area contributed by atoms with Gasteiger partial charge in [0.1, 0.15) is 11.9 Å². The van der Waals surface area contributed by atoms with Crippen LogP contribution >= 0.6 is 0 Å². The van der Waals surface area contributed by atoms with Crippen LogP contribution in [0.5, 0.6) is 0 Å². The van der Waals surface area contributed by atoms with Crippen LogP contribution in [0.4, 0.5) is 0 Å². The average molecular weight is 441 g/mol. The Morgan fingerprint density at radius 2 is 1.65 bits per heavy atom. The van der Waals surface area contributed by atoms with Crippen molar-refractivity contribution in [2.75, 3.05) is 12.8 Å². The molecule has 0 unspecified atom stereocenters. The summed E-state index contributed by atoms with van der Waals surface area (Å²) < 4.78 is 39.1. The quantitative estimate of drug-likeness (QED) is 0.390. The summed E-state index contributed by atoms with van der Waals surface area (Å²) in [5.74, 6) is 0.0566. The van der Waals surface area contributed by atoms with E-state index in [1.54, 1.807) is 12.1 Å². The van der Waals surface area contributed by atoms with Crippen LogP contribution in [0, 0.1) is 0 Å². The third kappa shape index (κ3) is 4.65. The zero-order valence-electron chi connectivity index (χ0n) is 17.4. The second kappa shape index (κ2) is 8.56. The summed E-state index contributed by atoms with van der Waals surface area (Å²) in [4.78, 5) is 11.8. The summed E-state index contributed by atoms with van der Waals surface area (Å²) >= 11 is 0. The molecule has 0 radical (unpaired) electrons. The van der Waals surface area contributed by atoms with Crippen molar-refractivity contribution in [1.29, 1.82) is 0 Å². The van der Waals surface area contributed by atoms with Crippen molar-refractivity contribution >= 4 is 37.8 Å². The van der Waals surface area contributed by atoms with E-state index in [4.69, 9.17) is 9.15 Å². The molecule has 2 aromatic carbocycles. The third-order valence-corrected chi connectivity index (χ3v) is 6.40. The van der Waals surface area contributed by atoms with Crippen LogP contribution < -0.4 is 0 Å². The van der Waals surface area contributed by atoms with Crippen LogP contribution in [0.2, 0.25) is 0 Å². The molecule has 31 heavy (non-hydrogen) atoms. The minimum atomic E-state index is -3.56. The summed E-state index contributed by atoms with van der Waals surface area (Å²) in [6.45, 7) is 1.73. The van der Waals surface area contributed by atoms with E-state index in [0.717, 1.165) is 28.1 Å². The predicted molar refractivity (Wildman–Crippen MR) is 119 cm³/mol. The third-order valence-electron chi connectivity index (χ3n) is 5.19. The van der Waals surface area contributed by atoms with E-state index in [1.807, 2.05) is 36.4 Å². The van der Waals surface area contributed by atoms with Gasteiger partial charge in [0, 0.05) is 28.7 Å². The summed E-state index contributed by atoms with van der Waals surface area (Å²) in [5, 5.41) is 2.19.